The first-order valence-corrected chi connectivity index (χ1v) is 5.24. The minimum atomic E-state index is 0.774. The minimum absolute atomic E-state index is 0.774. The first-order valence-electron chi connectivity index (χ1n) is 4.86. The summed E-state index contributed by atoms with van der Waals surface area (Å²) in [6, 6.07) is 7.85. The summed E-state index contributed by atoms with van der Waals surface area (Å²) in [7, 11) is 0. The summed E-state index contributed by atoms with van der Waals surface area (Å²) in [6.07, 6.45) is 8.83. The Bertz CT molecular complexity index is 455. The molecule has 0 saturated heterocycles. The fourth-order valence-corrected chi connectivity index (χ4v) is 1.72. The van der Waals surface area contributed by atoms with Crippen molar-refractivity contribution in [3.05, 3.63) is 59.2 Å². The number of para-hydroxylation sites is 1. The quantitative estimate of drug-likeness (QED) is 0.713. The van der Waals surface area contributed by atoms with Gasteiger partial charge < -0.3 is 5.73 Å². The first kappa shape index (κ1) is 10.1. The van der Waals surface area contributed by atoms with Gasteiger partial charge in [0.1, 0.15) is 0 Å². The highest BCUT2D eigenvalue weighted by molar-refractivity contribution is 6.31. The normalized spacial score (nSPS) is 15.5. The number of allylic oxidation sites excluding steroid dienone is 6. The average molecular weight is 218 g/mol. The Morgan fingerprint density at radius 2 is 1.87 bits per heavy atom. The van der Waals surface area contributed by atoms with Crippen LogP contribution in [0.15, 0.2) is 53.6 Å². The van der Waals surface area contributed by atoms with Gasteiger partial charge in [-0.3, -0.25) is 0 Å². The van der Waals surface area contributed by atoms with Gasteiger partial charge in [-0.15, -0.1) is 0 Å². The van der Waals surface area contributed by atoms with E-state index in [1.54, 1.807) is 0 Å². The number of hydrogen-bond donors (Lipinski definition) is 1. The van der Waals surface area contributed by atoms with E-state index in [1.807, 2.05) is 42.5 Å². The highest BCUT2D eigenvalue weighted by atomic mass is 35.5. The number of rotatable bonds is 1. The molecule has 1 nitrogen and oxygen atoms in total. The van der Waals surface area contributed by atoms with Gasteiger partial charge in [0.05, 0.1) is 0 Å². The minimum Gasteiger partial charge on any atom is -0.398 e. The third kappa shape index (κ3) is 2.31. The zero-order valence-corrected chi connectivity index (χ0v) is 9.04. The van der Waals surface area contributed by atoms with Crippen LogP contribution in [0.1, 0.15) is 12.0 Å². The molecule has 1 aromatic rings. The van der Waals surface area contributed by atoms with E-state index in [-0.39, 0.29) is 0 Å². The SMILES string of the molecule is Nc1ccccc1C1=CCC=C(Cl)C=C1. The van der Waals surface area contributed by atoms with E-state index in [4.69, 9.17) is 17.3 Å². The van der Waals surface area contributed by atoms with E-state index in [0.717, 1.165) is 28.3 Å². The van der Waals surface area contributed by atoms with Crippen molar-refractivity contribution in [1.29, 1.82) is 0 Å². The molecule has 0 bridgehead atoms. The summed E-state index contributed by atoms with van der Waals surface area (Å²) in [4.78, 5) is 0. The highest BCUT2D eigenvalue weighted by Gasteiger charge is 2.03. The molecule has 0 fully saturated rings. The van der Waals surface area contributed by atoms with E-state index in [2.05, 4.69) is 6.08 Å². The Morgan fingerprint density at radius 3 is 2.67 bits per heavy atom. The van der Waals surface area contributed by atoms with Gasteiger partial charge in [0, 0.05) is 16.3 Å². The molecule has 2 rings (SSSR count). The van der Waals surface area contributed by atoms with Crippen molar-refractivity contribution in [2.75, 3.05) is 5.73 Å². The lowest BCUT2D eigenvalue weighted by Gasteiger charge is -2.05. The lowest BCUT2D eigenvalue weighted by atomic mass is 10.0. The van der Waals surface area contributed by atoms with Gasteiger partial charge in [-0.25, -0.2) is 0 Å². The van der Waals surface area contributed by atoms with Crippen molar-refractivity contribution in [3.8, 4) is 0 Å². The van der Waals surface area contributed by atoms with E-state index in [1.165, 1.54) is 0 Å². The van der Waals surface area contributed by atoms with Crippen LogP contribution in [0.3, 0.4) is 0 Å². The Balaban J connectivity index is 2.38. The van der Waals surface area contributed by atoms with Crippen LogP contribution in [0.25, 0.3) is 5.57 Å². The molecule has 2 N–H and O–H groups in total. The predicted molar refractivity (Wildman–Crippen MR) is 66.5 cm³/mol. The van der Waals surface area contributed by atoms with Crippen LogP contribution >= 0.6 is 11.6 Å². The van der Waals surface area contributed by atoms with Gasteiger partial charge in [0.15, 0.2) is 0 Å². The molecule has 0 aromatic heterocycles. The van der Waals surface area contributed by atoms with Gasteiger partial charge in [-0.1, -0.05) is 48.0 Å². The number of nitrogen functional groups attached to an aromatic ring is 1. The maximum Gasteiger partial charge on any atom is 0.0393 e. The average Bonchev–Trinajstić information content (AvgIpc) is 2.44. The second kappa shape index (κ2) is 4.37. The number of nitrogens with two attached hydrogens (primary N) is 1. The zero-order valence-electron chi connectivity index (χ0n) is 8.28. The van der Waals surface area contributed by atoms with Crippen LogP contribution < -0.4 is 5.73 Å². The van der Waals surface area contributed by atoms with Gasteiger partial charge in [0.25, 0.3) is 0 Å². The van der Waals surface area contributed by atoms with Crippen molar-refractivity contribution >= 4 is 22.9 Å². The van der Waals surface area contributed by atoms with Gasteiger partial charge in [-0.2, -0.15) is 0 Å². The molecule has 0 aliphatic heterocycles. The van der Waals surface area contributed by atoms with Crippen molar-refractivity contribution < 1.29 is 0 Å². The summed E-state index contributed by atoms with van der Waals surface area (Å²) in [6.45, 7) is 0. The van der Waals surface area contributed by atoms with Crippen LogP contribution in [-0.4, -0.2) is 0 Å². The summed E-state index contributed by atoms with van der Waals surface area (Å²) < 4.78 is 0. The van der Waals surface area contributed by atoms with Crippen LogP contribution in [0.4, 0.5) is 5.69 Å². The molecule has 0 spiro atoms. The maximum atomic E-state index is 5.92. The van der Waals surface area contributed by atoms with E-state index < -0.39 is 0 Å². The molecule has 0 heterocycles. The molecule has 2 heteroatoms. The molecule has 15 heavy (non-hydrogen) atoms. The molecule has 76 valence electrons. The Hall–Kier alpha value is -1.47. The first-order chi connectivity index (χ1) is 7.27. The third-order valence-electron chi connectivity index (χ3n) is 2.34. The molecular weight excluding hydrogens is 206 g/mol. The molecule has 1 aromatic carbocycles. The maximum absolute atomic E-state index is 5.92. The monoisotopic (exact) mass is 217 g/mol. The number of halogens is 1. The van der Waals surface area contributed by atoms with Gasteiger partial charge in [0.2, 0.25) is 0 Å². The summed E-state index contributed by atoms with van der Waals surface area (Å²) in [5, 5.41) is 0.774. The predicted octanol–water partition coefficient (Wildman–Crippen LogP) is 3.73. The number of anilines is 1. The van der Waals surface area contributed by atoms with Crippen LogP contribution in [0.5, 0.6) is 0 Å². The fraction of sp³-hybridized carbons (Fsp3) is 0.0769. The lowest BCUT2D eigenvalue weighted by molar-refractivity contribution is 1.40. The molecule has 0 unspecified atom stereocenters. The van der Waals surface area contributed by atoms with E-state index in [0.29, 0.717) is 0 Å². The smallest absolute Gasteiger partial charge is 0.0393 e. The molecule has 1 aliphatic rings. The van der Waals surface area contributed by atoms with E-state index >= 15 is 0 Å². The Labute approximate surface area is 94.6 Å². The van der Waals surface area contributed by atoms with Crippen molar-refractivity contribution in [2.45, 2.75) is 6.42 Å². The second-order valence-corrected chi connectivity index (χ2v) is 3.84. The van der Waals surface area contributed by atoms with Crippen molar-refractivity contribution in [3.63, 3.8) is 0 Å². The van der Waals surface area contributed by atoms with Crippen molar-refractivity contribution in [2.24, 2.45) is 0 Å². The largest absolute Gasteiger partial charge is 0.398 e. The molecule has 1 aliphatic carbocycles. The summed E-state index contributed by atoms with van der Waals surface area (Å²) in [5.41, 5.74) is 8.90. The molecule has 0 saturated carbocycles. The molecular formula is C13H12ClN. The fourth-order valence-electron chi connectivity index (χ4n) is 1.56. The third-order valence-corrected chi connectivity index (χ3v) is 2.62. The van der Waals surface area contributed by atoms with Crippen LogP contribution in [0.2, 0.25) is 0 Å². The summed E-state index contributed by atoms with van der Waals surface area (Å²) in [5.74, 6) is 0. The Kier molecular flexibility index (Phi) is 2.93. The zero-order chi connectivity index (χ0) is 10.7. The van der Waals surface area contributed by atoms with Crippen LogP contribution in [0, 0.1) is 0 Å². The highest BCUT2D eigenvalue weighted by Crippen LogP contribution is 2.25. The topological polar surface area (TPSA) is 26.0 Å². The number of hydrogen-bond acceptors (Lipinski definition) is 1. The molecule has 0 atom stereocenters. The second-order valence-electron chi connectivity index (χ2n) is 3.40. The van der Waals surface area contributed by atoms with Crippen LogP contribution in [-0.2, 0) is 0 Å². The summed E-state index contributed by atoms with van der Waals surface area (Å²) >= 11 is 5.92. The standard InChI is InChI=1S/C13H12ClN/c14-11-5-3-4-10(8-9-11)12-6-1-2-7-13(12)15/h1-2,4-9H,3,15H2. The molecule has 0 radical (unpaired) electrons. The van der Waals surface area contributed by atoms with Crippen molar-refractivity contribution in [1.82, 2.24) is 0 Å². The molecule has 0 amide bonds. The van der Waals surface area contributed by atoms with Gasteiger partial charge in [-0.05, 0) is 24.1 Å². The van der Waals surface area contributed by atoms with Gasteiger partial charge >= 0.3 is 0 Å². The number of benzene rings is 1. The lowest BCUT2D eigenvalue weighted by Crippen LogP contribution is -1.91. The van der Waals surface area contributed by atoms with E-state index in [9.17, 15) is 0 Å². The Morgan fingerprint density at radius 1 is 1.07 bits per heavy atom.